The molecule has 2 aliphatic rings. The van der Waals surface area contributed by atoms with E-state index in [2.05, 4.69) is 11.8 Å². The lowest BCUT2D eigenvalue weighted by molar-refractivity contribution is -0.125. The van der Waals surface area contributed by atoms with Crippen molar-refractivity contribution in [3.05, 3.63) is 35.4 Å². The molecule has 2 heterocycles. The average molecular weight is 464 g/mol. The first-order valence-electron chi connectivity index (χ1n) is 12.0. The fraction of sp³-hybridized carbons (Fsp3) is 0.500. The van der Waals surface area contributed by atoms with Gasteiger partial charge in [-0.25, -0.2) is 4.68 Å². The number of carbonyl (C=O) groups is 2. The van der Waals surface area contributed by atoms with Crippen molar-refractivity contribution in [2.45, 2.75) is 58.6 Å². The predicted molar refractivity (Wildman–Crippen MR) is 131 cm³/mol. The fourth-order valence-electron chi connectivity index (χ4n) is 5.23. The normalized spacial score (nSPS) is 22.2. The van der Waals surface area contributed by atoms with E-state index >= 15 is 0 Å². The second-order valence-electron chi connectivity index (χ2n) is 9.33. The van der Waals surface area contributed by atoms with Crippen molar-refractivity contribution in [3.63, 3.8) is 0 Å². The number of ether oxygens (including phenoxy) is 1. The van der Waals surface area contributed by atoms with Crippen molar-refractivity contribution in [1.82, 2.24) is 14.7 Å². The van der Waals surface area contributed by atoms with E-state index in [-0.39, 0.29) is 29.0 Å². The van der Waals surface area contributed by atoms with Crippen LogP contribution in [0.4, 0.5) is 5.82 Å². The molecule has 2 amide bonds. The molecule has 34 heavy (non-hydrogen) atoms. The number of nitrogens with two attached hydrogens (primary N) is 2. The fourth-order valence-corrected chi connectivity index (χ4v) is 5.23. The summed E-state index contributed by atoms with van der Waals surface area (Å²) in [5, 5.41) is 4.74. The van der Waals surface area contributed by atoms with Gasteiger partial charge in [0.2, 0.25) is 0 Å². The molecule has 1 aromatic carbocycles. The molecule has 8 nitrogen and oxygen atoms in total. The number of primary amides is 1. The summed E-state index contributed by atoms with van der Waals surface area (Å²) in [5.74, 6) is 5.18. The molecule has 1 aliphatic heterocycles. The Morgan fingerprint density at radius 1 is 1.26 bits per heavy atom. The zero-order valence-electron chi connectivity index (χ0n) is 20.1. The third-order valence-electron chi connectivity index (χ3n) is 7.04. The number of anilines is 1. The van der Waals surface area contributed by atoms with Gasteiger partial charge in [-0.1, -0.05) is 37.1 Å². The van der Waals surface area contributed by atoms with Gasteiger partial charge in [-0.15, -0.1) is 0 Å². The van der Waals surface area contributed by atoms with Crippen LogP contribution >= 0.6 is 0 Å². The van der Waals surface area contributed by atoms with Crippen molar-refractivity contribution in [1.29, 1.82) is 0 Å². The zero-order chi connectivity index (χ0) is 24.5. The van der Waals surface area contributed by atoms with Crippen LogP contribution in [0.5, 0.6) is 0 Å². The minimum absolute atomic E-state index is 0.0192. The zero-order valence-corrected chi connectivity index (χ0v) is 20.1. The molecule has 2 fully saturated rings. The predicted octanol–water partition coefficient (Wildman–Crippen LogP) is 3.30. The molecule has 1 aliphatic carbocycles. The van der Waals surface area contributed by atoms with Gasteiger partial charge in [0.25, 0.3) is 11.8 Å². The minimum atomic E-state index is -0.591. The number of hydrogen-bond acceptors (Lipinski definition) is 5. The second-order valence-corrected chi connectivity index (χ2v) is 9.33. The van der Waals surface area contributed by atoms with Crippen LogP contribution in [0.25, 0.3) is 11.3 Å². The summed E-state index contributed by atoms with van der Waals surface area (Å²) in [4.78, 5) is 26.4. The van der Waals surface area contributed by atoms with E-state index in [1.165, 1.54) is 0 Å². The Morgan fingerprint density at radius 2 is 1.97 bits per heavy atom. The van der Waals surface area contributed by atoms with Gasteiger partial charge < -0.3 is 21.1 Å². The molecule has 8 heteroatoms. The number of carbonyl (C=O) groups excluding carboxylic acids is 2. The molecule has 2 aromatic rings. The number of amides is 2. The van der Waals surface area contributed by atoms with Gasteiger partial charge in [0.05, 0.1) is 12.1 Å². The van der Waals surface area contributed by atoms with Crippen LogP contribution in [0.2, 0.25) is 0 Å². The number of likely N-dealkylation sites (tertiary alicyclic amines) is 1. The van der Waals surface area contributed by atoms with E-state index in [0.717, 1.165) is 36.9 Å². The molecule has 4 rings (SSSR count). The molecule has 1 saturated heterocycles. The Kier molecular flexibility index (Phi) is 6.67. The summed E-state index contributed by atoms with van der Waals surface area (Å²) in [6, 6.07) is 7.85. The van der Waals surface area contributed by atoms with E-state index in [9.17, 15) is 9.59 Å². The number of hydrogen-bond donors (Lipinski definition) is 2. The highest BCUT2D eigenvalue weighted by atomic mass is 16.5. The summed E-state index contributed by atoms with van der Waals surface area (Å²) in [7, 11) is 0. The lowest BCUT2D eigenvalue weighted by Gasteiger charge is -2.45. The number of aromatic nitrogens is 2. The van der Waals surface area contributed by atoms with Crippen molar-refractivity contribution in [2.75, 3.05) is 25.4 Å². The van der Waals surface area contributed by atoms with Crippen molar-refractivity contribution >= 4 is 17.6 Å². The maximum absolute atomic E-state index is 12.3. The molecule has 1 saturated carbocycles. The first-order valence-corrected chi connectivity index (χ1v) is 12.0. The summed E-state index contributed by atoms with van der Waals surface area (Å²) in [6.07, 6.45) is 3.30. The number of rotatable bonds is 6. The van der Waals surface area contributed by atoms with E-state index in [1.807, 2.05) is 49.9 Å². The topological polar surface area (TPSA) is 116 Å². The summed E-state index contributed by atoms with van der Waals surface area (Å²) in [5.41, 5.74) is 14.7. The Bertz CT molecular complexity index is 1140. The van der Waals surface area contributed by atoms with E-state index in [0.29, 0.717) is 31.1 Å². The lowest BCUT2D eigenvalue weighted by atomic mass is 9.65. The first kappa shape index (κ1) is 23.8. The third-order valence-corrected chi connectivity index (χ3v) is 7.04. The smallest absolute Gasteiger partial charge is 0.298 e. The molecule has 0 bridgehead atoms. The van der Waals surface area contributed by atoms with Crippen molar-refractivity contribution < 1.29 is 14.3 Å². The Balaban J connectivity index is 1.52. The van der Waals surface area contributed by atoms with Gasteiger partial charge in [0.15, 0.2) is 0 Å². The largest absolute Gasteiger partial charge is 0.383 e. The Labute approximate surface area is 200 Å². The van der Waals surface area contributed by atoms with Gasteiger partial charge in [0.1, 0.15) is 17.1 Å². The van der Waals surface area contributed by atoms with Crippen LogP contribution in [0, 0.1) is 17.3 Å². The maximum atomic E-state index is 12.3. The number of nitrogen functional groups attached to an aromatic ring is 1. The number of nitrogens with zero attached hydrogens (tertiary/aromatic N) is 3. The molecule has 180 valence electrons. The minimum Gasteiger partial charge on any atom is -0.383 e. The third kappa shape index (κ3) is 4.40. The summed E-state index contributed by atoms with van der Waals surface area (Å²) >= 11 is 0. The molecule has 1 unspecified atom stereocenters. The Hall–Kier alpha value is -3.31. The van der Waals surface area contributed by atoms with Crippen molar-refractivity contribution in [3.8, 4) is 23.1 Å². The Morgan fingerprint density at radius 3 is 2.59 bits per heavy atom. The van der Waals surface area contributed by atoms with Gasteiger partial charge in [-0.3, -0.25) is 9.59 Å². The van der Waals surface area contributed by atoms with Crippen LogP contribution in [0.15, 0.2) is 24.3 Å². The van der Waals surface area contributed by atoms with Gasteiger partial charge in [-0.05, 0) is 50.0 Å². The van der Waals surface area contributed by atoms with E-state index < -0.39 is 5.91 Å². The summed E-state index contributed by atoms with van der Waals surface area (Å²) < 4.78 is 7.40. The van der Waals surface area contributed by atoms with Crippen LogP contribution in [0.3, 0.4) is 0 Å². The van der Waals surface area contributed by atoms with Gasteiger partial charge >= 0.3 is 0 Å². The first-order chi connectivity index (χ1) is 16.3. The highest BCUT2D eigenvalue weighted by Gasteiger charge is 2.51. The monoisotopic (exact) mass is 463 g/mol. The molecule has 4 N–H and O–H groups in total. The molecule has 0 radical (unpaired) electrons. The highest BCUT2D eigenvalue weighted by Crippen LogP contribution is 2.54. The maximum Gasteiger partial charge on any atom is 0.298 e. The average Bonchev–Trinajstić information content (AvgIpc) is 3.39. The van der Waals surface area contributed by atoms with Crippen molar-refractivity contribution in [2.24, 2.45) is 11.1 Å². The van der Waals surface area contributed by atoms with Crippen LogP contribution < -0.4 is 11.5 Å². The van der Waals surface area contributed by atoms with Crippen LogP contribution in [-0.4, -0.2) is 46.2 Å². The summed E-state index contributed by atoms with van der Waals surface area (Å²) in [6.45, 7) is 7.96. The molecule has 1 atom stereocenters. The van der Waals surface area contributed by atoms with Crippen LogP contribution in [0.1, 0.15) is 74.5 Å². The van der Waals surface area contributed by atoms with E-state index in [4.69, 9.17) is 21.3 Å². The van der Waals surface area contributed by atoms with Gasteiger partial charge in [-0.2, -0.15) is 5.10 Å². The SMILES string of the molecule is CCC#CC(=O)N1CC[C@]2(C1)C[C@H](n1nc(-c3ccc(C(C)OCC)cc3)c(C(N)=O)c1N)C2. The standard InChI is InChI=1S/C26H33N5O3/c1-4-6-7-21(32)30-13-12-26(16-30)14-20(15-26)31-24(27)22(25(28)33)23(29-31)19-10-8-18(9-11-19)17(3)34-5-2/h8-11,17,20H,4-5,12-16,27H2,1-3H3,(H2,28,33)/t17?,20-,26-. The lowest BCUT2D eigenvalue weighted by Crippen LogP contribution is -2.42. The second kappa shape index (κ2) is 9.51. The van der Waals surface area contributed by atoms with Crippen LogP contribution in [-0.2, 0) is 9.53 Å². The molecular formula is C26H33N5O3. The molecular weight excluding hydrogens is 430 g/mol. The molecule has 1 aromatic heterocycles. The quantitative estimate of drug-likeness (QED) is 0.638. The highest BCUT2D eigenvalue weighted by molar-refractivity contribution is 6.03. The molecule has 1 spiro atoms. The number of benzene rings is 1. The van der Waals surface area contributed by atoms with E-state index in [1.54, 1.807) is 4.68 Å². The van der Waals surface area contributed by atoms with Gasteiger partial charge in [0, 0.05) is 31.7 Å².